The van der Waals surface area contributed by atoms with E-state index in [2.05, 4.69) is 59.6 Å². The molecule has 0 saturated heterocycles. The van der Waals surface area contributed by atoms with Gasteiger partial charge in [0, 0.05) is 28.2 Å². The van der Waals surface area contributed by atoms with E-state index in [1.165, 1.54) is 22.2 Å². The quantitative estimate of drug-likeness (QED) is 0.500. The van der Waals surface area contributed by atoms with E-state index in [0.29, 0.717) is 25.2 Å². The van der Waals surface area contributed by atoms with Crippen LogP contribution in [-0.4, -0.2) is 43.8 Å². The number of aromatic amines is 1. The first kappa shape index (κ1) is 19.5. The molecule has 1 atom stereocenters. The van der Waals surface area contributed by atoms with E-state index in [4.69, 9.17) is 14.7 Å². The number of H-pyrrole nitrogens is 1. The van der Waals surface area contributed by atoms with Crippen LogP contribution in [0.2, 0.25) is 0 Å². The van der Waals surface area contributed by atoms with Crippen LogP contribution in [0.1, 0.15) is 55.3 Å². The summed E-state index contributed by atoms with van der Waals surface area (Å²) >= 11 is 0. The zero-order chi connectivity index (χ0) is 21.7. The molecule has 0 fully saturated rings. The molecule has 1 aromatic carbocycles. The van der Waals surface area contributed by atoms with Crippen LogP contribution in [0.5, 0.6) is 0 Å². The Morgan fingerprint density at radius 3 is 2.94 bits per heavy atom. The molecule has 2 aliphatic rings. The Morgan fingerprint density at radius 2 is 2.09 bits per heavy atom. The van der Waals surface area contributed by atoms with Gasteiger partial charge in [0.15, 0.2) is 11.5 Å². The van der Waals surface area contributed by atoms with E-state index in [-0.39, 0.29) is 0 Å². The molecule has 0 bridgehead atoms. The lowest BCUT2D eigenvalue weighted by atomic mass is 9.91. The second kappa shape index (κ2) is 7.74. The third kappa shape index (κ3) is 3.28. The van der Waals surface area contributed by atoms with Crippen LogP contribution in [0.15, 0.2) is 36.5 Å². The van der Waals surface area contributed by atoms with Gasteiger partial charge in [0.05, 0.1) is 19.4 Å². The summed E-state index contributed by atoms with van der Waals surface area (Å²) in [6.07, 6.45) is 7.92. The summed E-state index contributed by atoms with van der Waals surface area (Å²) in [5.74, 6) is 1.90. The number of hydrogen-bond donors (Lipinski definition) is 2. The summed E-state index contributed by atoms with van der Waals surface area (Å²) in [5, 5.41) is 9.71. The summed E-state index contributed by atoms with van der Waals surface area (Å²) in [6.45, 7) is 5.69. The molecule has 164 valence electrons. The van der Waals surface area contributed by atoms with Crippen molar-refractivity contribution in [1.82, 2.24) is 24.6 Å². The van der Waals surface area contributed by atoms with Crippen molar-refractivity contribution in [1.29, 1.82) is 0 Å². The van der Waals surface area contributed by atoms with Gasteiger partial charge in [-0.1, -0.05) is 38.1 Å². The Hall–Kier alpha value is -3.19. The van der Waals surface area contributed by atoms with Crippen LogP contribution in [-0.2, 0) is 17.6 Å². The lowest BCUT2D eigenvalue weighted by Gasteiger charge is -2.24. The van der Waals surface area contributed by atoms with Gasteiger partial charge in [0.2, 0.25) is 5.95 Å². The van der Waals surface area contributed by atoms with E-state index in [0.717, 1.165) is 54.2 Å². The van der Waals surface area contributed by atoms with E-state index in [1.54, 1.807) is 0 Å². The standard InChI is InChI=1S/C25H28N6O/c1-15(2)20-14-26-31-24(20)29-23(16-9-11-32-12-10-16)30-25(31)27-17-7-8-22-19(13-17)18-5-3-4-6-21(18)28-22/h3-6,9,14-15,17,28H,7-8,10-13H2,1-2H3,(H,27,29,30). The van der Waals surface area contributed by atoms with Crippen LogP contribution >= 0.6 is 0 Å². The molecular weight excluding hydrogens is 400 g/mol. The van der Waals surface area contributed by atoms with Crippen molar-refractivity contribution in [3.05, 3.63) is 59.2 Å². The maximum Gasteiger partial charge on any atom is 0.228 e. The predicted molar refractivity (Wildman–Crippen MR) is 126 cm³/mol. The highest BCUT2D eigenvalue weighted by atomic mass is 16.5. The van der Waals surface area contributed by atoms with Crippen molar-refractivity contribution >= 4 is 28.1 Å². The monoisotopic (exact) mass is 428 g/mol. The number of aryl methyl sites for hydroxylation is 1. The zero-order valence-corrected chi connectivity index (χ0v) is 18.6. The fourth-order valence-electron chi connectivity index (χ4n) is 4.94. The smallest absolute Gasteiger partial charge is 0.228 e. The Bertz CT molecular complexity index is 1330. The molecule has 1 aliphatic carbocycles. The molecule has 4 heterocycles. The molecule has 4 aromatic rings. The maximum atomic E-state index is 5.50. The number of para-hydroxylation sites is 1. The normalized spacial score (nSPS) is 18.8. The molecule has 1 unspecified atom stereocenters. The number of nitrogens with one attached hydrogen (secondary N) is 2. The summed E-state index contributed by atoms with van der Waals surface area (Å²) in [5.41, 5.74) is 7.21. The minimum absolute atomic E-state index is 0.294. The molecule has 7 heteroatoms. The van der Waals surface area contributed by atoms with Gasteiger partial charge >= 0.3 is 0 Å². The van der Waals surface area contributed by atoms with Crippen molar-refractivity contribution < 1.29 is 4.74 Å². The zero-order valence-electron chi connectivity index (χ0n) is 18.6. The summed E-state index contributed by atoms with van der Waals surface area (Å²) in [7, 11) is 0. The topological polar surface area (TPSA) is 80.1 Å². The maximum absolute atomic E-state index is 5.50. The van der Waals surface area contributed by atoms with E-state index in [9.17, 15) is 0 Å². The van der Waals surface area contributed by atoms with Gasteiger partial charge in [0.25, 0.3) is 0 Å². The third-order valence-electron chi connectivity index (χ3n) is 6.70. The highest BCUT2D eigenvalue weighted by molar-refractivity contribution is 5.85. The average molecular weight is 429 g/mol. The van der Waals surface area contributed by atoms with Crippen LogP contribution in [0.3, 0.4) is 0 Å². The van der Waals surface area contributed by atoms with Crippen LogP contribution < -0.4 is 5.32 Å². The Balaban J connectivity index is 1.38. The average Bonchev–Trinajstić information content (AvgIpc) is 3.41. The molecule has 6 rings (SSSR count). The second-order valence-electron chi connectivity index (χ2n) is 9.13. The van der Waals surface area contributed by atoms with Crippen molar-refractivity contribution in [2.45, 2.75) is 51.5 Å². The number of fused-ring (bicyclic) bond motifs is 4. The van der Waals surface area contributed by atoms with Crippen LogP contribution in [0.4, 0.5) is 5.95 Å². The van der Waals surface area contributed by atoms with Gasteiger partial charge in [0.1, 0.15) is 0 Å². The summed E-state index contributed by atoms with van der Waals surface area (Å²) in [4.78, 5) is 13.5. The van der Waals surface area contributed by atoms with Crippen LogP contribution in [0.25, 0.3) is 22.1 Å². The van der Waals surface area contributed by atoms with E-state index >= 15 is 0 Å². The lowest BCUT2D eigenvalue weighted by molar-refractivity contribution is 0.161. The minimum Gasteiger partial charge on any atom is -0.377 e. The van der Waals surface area contributed by atoms with Gasteiger partial charge < -0.3 is 15.0 Å². The number of nitrogens with zero attached hydrogens (tertiary/aromatic N) is 4. The van der Waals surface area contributed by atoms with Gasteiger partial charge in [-0.2, -0.15) is 14.6 Å². The number of aromatic nitrogens is 5. The molecular formula is C25H28N6O. The van der Waals surface area contributed by atoms with Crippen molar-refractivity contribution in [2.24, 2.45) is 0 Å². The number of benzene rings is 1. The fraction of sp³-hybridized carbons (Fsp3) is 0.400. The number of anilines is 1. The fourth-order valence-corrected chi connectivity index (χ4v) is 4.94. The molecule has 1 aliphatic heterocycles. The van der Waals surface area contributed by atoms with Crippen molar-refractivity contribution in [3.63, 3.8) is 0 Å². The van der Waals surface area contributed by atoms with Gasteiger partial charge in [-0.25, -0.2) is 4.98 Å². The molecule has 2 N–H and O–H groups in total. The lowest BCUT2D eigenvalue weighted by Crippen LogP contribution is -2.29. The number of hydrogen-bond acceptors (Lipinski definition) is 5. The highest BCUT2D eigenvalue weighted by Gasteiger charge is 2.25. The molecule has 0 spiro atoms. The summed E-state index contributed by atoms with van der Waals surface area (Å²) in [6, 6.07) is 8.88. The first-order chi connectivity index (χ1) is 15.7. The van der Waals surface area contributed by atoms with Gasteiger partial charge in [-0.05, 0) is 48.8 Å². The molecule has 3 aromatic heterocycles. The van der Waals surface area contributed by atoms with E-state index in [1.807, 2.05) is 10.7 Å². The van der Waals surface area contributed by atoms with Gasteiger partial charge in [-0.3, -0.25) is 0 Å². The van der Waals surface area contributed by atoms with Crippen LogP contribution in [0, 0.1) is 0 Å². The molecule has 32 heavy (non-hydrogen) atoms. The molecule has 0 radical (unpaired) electrons. The Kier molecular flexibility index (Phi) is 4.72. The molecule has 0 saturated carbocycles. The predicted octanol–water partition coefficient (Wildman–Crippen LogP) is 4.50. The molecule has 0 amide bonds. The highest BCUT2D eigenvalue weighted by Crippen LogP contribution is 2.31. The van der Waals surface area contributed by atoms with Crippen molar-refractivity contribution in [2.75, 3.05) is 18.5 Å². The Morgan fingerprint density at radius 1 is 1.19 bits per heavy atom. The largest absolute Gasteiger partial charge is 0.377 e. The first-order valence-corrected chi connectivity index (χ1v) is 11.5. The van der Waals surface area contributed by atoms with E-state index < -0.39 is 0 Å². The van der Waals surface area contributed by atoms with Crippen molar-refractivity contribution in [3.8, 4) is 0 Å². The van der Waals surface area contributed by atoms with Gasteiger partial charge in [-0.15, -0.1) is 0 Å². The Labute approximate surface area is 186 Å². The number of rotatable bonds is 4. The second-order valence-corrected chi connectivity index (χ2v) is 9.13. The first-order valence-electron chi connectivity index (χ1n) is 11.5. The SMILES string of the molecule is CC(C)c1cnn2c(NC3CCc4[nH]c5ccccc5c4C3)nc(C3=CCOCC3)nc12. The molecule has 7 nitrogen and oxygen atoms in total. The third-order valence-corrected chi connectivity index (χ3v) is 6.70. The summed E-state index contributed by atoms with van der Waals surface area (Å²) < 4.78 is 7.38. The minimum atomic E-state index is 0.294. The number of ether oxygens (including phenoxy) is 1.